The normalized spacial score (nSPS) is 10.1. The summed E-state index contributed by atoms with van der Waals surface area (Å²) in [6.07, 6.45) is 0. The Bertz CT molecular complexity index is 523. The molecule has 0 bridgehead atoms. The zero-order valence-corrected chi connectivity index (χ0v) is 10.9. The van der Waals surface area contributed by atoms with E-state index in [1.54, 1.807) is 6.92 Å². The van der Waals surface area contributed by atoms with Crippen molar-refractivity contribution < 1.29 is 9.53 Å². The average molecular weight is 258 g/mol. The summed E-state index contributed by atoms with van der Waals surface area (Å²) in [4.78, 5) is 10.9. The Kier molecular flexibility index (Phi) is 4.42. The molecule has 92 valence electrons. The van der Waals surface area contributed by atoms with Gasteiger partial charge in [-0.1, -0.05) is 42.1 Å². The second kappa shape index (κ2) is 6.26. The maximum Gasteiger partial charge on any atom is 0.186 e. The molecule has 0 atom stereocenters. The summed E-state index contributed by atoms with van der Waals surface area (Å²) in [7, 11) is 0. The van der Waals surface area contributed by atoms with Crippen LogP contribution in [0.2, 0.25) is 0 Å². The first-order valence-electron chi connectivity index (χ1n) is 5.69. The van der Waals surface area contributed by atoms with E-state index < -0.39 is 0 Å². The van der Waals surface area contributed by atoms with Crippen LogP contribution >= 0.6 is 11.8 Å². The number of ether oxygens (including phenoxy) is 1. The number of thioether (sulfide) groups is 1. The van der Waals surface area contributed by atoms with Crippen molar-refractivity contribution in [2.75, 3.05) is 0 Å². The topological polar surface area (TPSA) is 26.3 Å². The van der Waals surface area contributed by atoms with Gasteiger partial charge in [-0.3, -0.25) is 4.79 Å². The Morgan fingerprint density at radius 1 is 1.06 bits per heavy atom. The predicted octanol–water partition coefficient (Wildman–Crippen LogP) is 4.26. The molecule has 0 saturated heterocycles. The monoisotopic (exact) mass is 258 g/mol. The minimum absolute atomic E-state index is 0.129. The Hall–Kier alpha value is -1.74. The highest BCUT2D eigenvalue weighted by atomic mass is 32.2. The molecule has 0 N–H and O–H groups in total. The van der Waals surface area contributed by atoms with Gasteiger partial charge >= 0.3 is 0 Å². The number of hydrogen-bond acceptors (Lipinski definition) is 3. The summed E-state index contributed by atoms with van der Waals surface area (Å²) in [5, 5.41) is 0.129. The van der Waals surface area contributed by atoms with Crippen molar-refractivity contribution >= 4 is 16.9 Å². The number of para-hydroxylation sites is 1. The Morgan fingerprint density at radius 2 is 1.78 bits per heavy atom. The Balaban J connectivity index is 2.05. The van der Waals surface area contributed by atoms with Crippen LogP contribution in [0.25, 0.3) is 0 Å². The van der Waals surface area contributed by atoms with Crippen LogP contribution in [0.3, 0.4) is 0 Å². The van der Waals surface area contributed by atoms with Crippen molar-refractivity contribution in [1.29, 1.82) is 0 Å². The van der Waals surface area contributed by atoms with Crippen LogP contribution in [0.1, 0.15) is 12.5 Å². The highest BCUT2D eigenvalue weighted by Gasteiger charge is 2.00. The molecule has 3 heteroatoms. The van der Waals surface area contributed by atoms with E-state index in [0.29, 0.717) is 5.75 Å². The van der Waals surface area contributed by atoms with Crippen LogP contribution in [-0.4, -0.2) is 5.12 Å². The lowest BCUT2D eigenvalue weighted by Gasteiger charge is -2.07. The molecule has 0 fully saturated rings. The number of hydrogen-bond donors (Lipinski definition) is 0. The lowest BCUT2D eigenvalue weighted by molar-refractivity contribution is -0.109. The van der Waals surface area contributed by atoms with Gasteiger partial charge in [0, 0.05) is 12.7 Å². The van der Waals surface area contributed by atoms with Crippen LogP contribution in [0, 0.1) is 0 Å². The molecule has 0 aromatic heterocycles. The fraction of sp³-hybridized carbons (Fsp3) is 0.133. The molecule has 0 saturated carbocycles. The van der Waals surface area contributed by atoms with E-state index in [1.807, 2.05) is 54.6 Å². The van der Waals surface area contributed by atoms with Crippen LogP contribution in [0.15, 0.2) is 54.6 Å². The van der Waals surface area contributed by atoms with E-state index in [4.69, 9.17) is 4.74 Å². The van der Waals surface area contributed by atoms with Crippen molar-refractivity contribution in [3.8, 4) is 11.5 Å². The van der Waals surface area contributed by atoms with E-state index in [2.05, 4.69) is 0 Å². The molecule has 2 aromatic rings. The number of carbonyl (C=O) groups is 1. The van der Waals surface area contributed by atoms with Gasteiger partial charge in [-0.2, -0.15) is 0 Å². The smallest absolute Gasteiger partial charge is 0.186 e. The predicted molar refractivity (Wildman–Crippen MR) is 74.9 cm³/mol. The third-order valence-corrected chi connectivity index (χ3v) is 3.20. The van der Waals surface area contributed by atoms with Crippen LogP contribution in [0.4, 0.5) is 0 Å². The highest BCUT2D eigenvalue weighted by Crippen LogP contribution is 2.23. The quantitative estimate of drug-likeness (QED) is 0.819. The van der Waals surface area contributed by atoms with Crippen LogP contribution < -0.4 is 4.74 Å². The molecule has 0 amide bonds. The molecule has 0 radical (unpaired) electrons. The van der Waals surface area contributed by atoms with Gasteiger partial charge in [0.15, 0.2) is 5.12 Å². The standard InChI is InChI=1S/C15H14O2S/c1-12(16)18-11-13-6-5-9-15(10-13)17-14-7-3-2-4-8-14/h2-10H,11H2,1H3. The van der Waals surface area contributed by atoms with Crippen molar-refractivity contribution in [3.05, 3.63) is 60.2 Å². The Morgan fingerprint density at radius 3 is 2.50 bits per heavy atom. The minimum Gasteiger partial charge on any atom is -0.457 e. The Labute approximate surface area is 111 Å². The molecule has 0 aliphatic rings. The molecule has 0 spiro atoms. The van der Waals surface area contributed by atoms with Gasteiger partial charge in [0.05, 0.1) is 0 Å². The molecule has 0 heterocycles. The van der Waals surface area contributed by atoms with Crippen molar-refractivity contribution in [1.82, 2.24) is 0 Å². The molecule has 0 aliphatic carbocycles. The van der Waals surface area contributed by atoms with Crippen LogP contribution in [0.5, 0.6) is 11.5 Å². The maximum absolute atomic E-state index is 10.9. The number of carbonyl (C=O) groups excluding carboxylic acids is 1. The van der Waals surface area contributed by atoms with Crippen molar-refractivity contribution in [3.63, 3.8) is 0 Å². The summed E-state index contributed by atoms with van der Waals surface area (Å²) in [6, 6.07) is 17.5. The van der Waals surface area contributed by atoms with E-state index in [1.165, 1.54) is 11.8 Å². The lowest BCUT2D eigenvalue weighted by Crippen LogP contribution is -1.88. The van der Waals surface area contributed by atoms with Crippen molar-refractivity contribution in [2.45, 2.75) is 12.7 Å². The SMILES string of the molecule is CC(=O)SCc1cccc(Oc2ccccc2)c1. The molecular weight excluding hydrogens is 244 g/mol. The summed E-state index contributed by atoms with van der Waals surface area (Å²) in [5.41, 5.74) is 1.09. The van der Waals surface area contributed by atoms with Gasteiger partial charge in [-0.15, -0.1) is 0 Å². The minimum atomic E-state index is 0.129. The molecule has 2 aromatic carbocycles. The van der Waals surface area contributed by atoms with E-state index in [0.717, 1.165) is 17.1 Å². The van der Waals surface area contributed by atoms with Crippen LogP contribution in [-0.2, 0) is 10.5 Å². The first kappa shape index (κ1) is 12.7. The second-order valence-corrected chi connectivity index (χ2v) is 5.00. The summed E-state index contributed by atoms with van der Waals surface area (Å²) < 4.78 is 5.73. The van der Waals surface area contributed by atoms with Crippen molar-refractivity contribution in [2.24, 2.45) is 0 Å². The van der Waals surface area contributed by atoms with E-state index >= 15 is 0 Å². The third kappa shape index (κ3) is 3.93. The van der Waals surface area contributed by atoms with Gasteiger partial charge in [0.25, 0.3) is 0 Å². The largest absolute Gasteiger partial charge is 0.457 e. The molecular formula is C15H14O2S. The molecule has 2 rings (SSSR count). The van der Waals surface area contributed by atoms with Gasteiger partial charge in [-0.25, -0.2) is 0 Å². The fourth-order valence-corrected chi connectivity index (χ4v) is 2.06. The average Bonchev–Trinajstić information content (AvgIpc) is 2.38. The van der Waals surface area contributed by atoms with Gasteiger partial charge < -0.3 is 4.74 Å². The number of rotatable bonds is 4. The van der Waals surface area contributed by atoms with E-state index in [9.17, 15) is 4.79 Å². The summed E-state index contributed by atoms with van der Waals surface area (Å²) >= 11 is 1.30. The maximum atomic E-state index is 10.9. The van der Waals surface area contributed by atoms with E-state index in [-0.39, 0.29) is 5.12 Å². The second-order valence-electron chi connectivity index (χ2n) is 3.84. The molecule has 18 heavy (non-hydrogen) atoms. The molecule has 0 unspecified atom stereocenters. The first-order chi connectivity index (χ1) is 8.74. The number of benzene rings is 2. The summed E-state index contributed by atoms with van der Waals surface area (Å²) in [6.45, 7) is 1.58. The first-order valence-corrected chi connectivity index (χ1v) is 6.68. The zero-order chi connectivity index (χ0) is 12.8. The molecule has 2 nitrogen and oxygen atoms in total. The lowest BCUT2D eigenvalue weighted by atomic mass is 10.2. The third-order valence-electron chi connectivity index (χ3n) is 2.32. The fourth-order valence-electron chi connectivity index (χ4n) is 1.51. The van der Waals surface area contributed by atoms with Gasteiger partial charge in [0.2, 0.25) is 0 Å². The summed E-state index contributed by atoms with van der Waals surface area (Å²) in [5.74, 6) is 2.29. The van der Waals surface area contributed by atoms with Gasteiger partial charge in [0.1, 0.15) is 11.5 Å². The highest BCUT2D eigenvalue weighted by molar-refractivity contribution is 8.12. The molecule has 0 aliphatic heterocycles. The zero-order valence-electron chi connectivity index (χ0n) is 10.1. The van der Waals surface area contributed by atoms with Gasteiger partial charge in [-0.05, 0) is 29.8 Å².